The van der Waals surface area contributed by atoms with Crippen molar-refractivity contribution in [3.05, 3.63) is 11.3 Å². The minimum absolute atomic E-state index is 0.392. The second-order valence-corrected chi connectivity index (χ2v) is 4.49. The molecule has 80 valence electrons. The van der Waals surface area contributed by atoms with Gasteiger partial charge in [-0.15, -0.1) is 0 Å². The zero-order chi connectivity index (χ0) is 10.7. The Morgan fingerprint density at radius 2 is 1.93 bits per heavy atom. The van der Waals surface area contributed by atoms with Crippen molar-refractivity contribution in [3.63, 3.8) is 0 Å². The number of anilines is 1. The Kier molecular flexibility index (Phi) is 3.55. The molecule has 0 saturated heterocycles. The summed E-state index contributed by atoms with van der Waals surface area (Å²) in [6.07, 6.45) is 2.09. The SMILES string of the molecule is CC(C)CCc1noc(N)c1C(C)C. The van der Waals surface area contributed by atoms with Crippen LogP contribution < -0.4 is 5.73 Å². The second-order valence-electron chi connectivity index (χ2n) is 4.49. The number of aromatic nitrogens is 1. The number of nitrogens with two attached hydrogens (primary N) is 1. The maximum absolute atomic E-state index is 5.72. The normalized spacial score (nSPS) is 11.6. The third kappa shape index (κ3) is 2.50. The van der Waals surface area contributed by atoms with E-state index in [0.717, 1.165) is 24.1 Å². The average molecular weight is 196 g/mol. The summed E-state index contributed by atoms with van der Waals surface area (Å²) in [5.74, 6) is 1.56. The van der Waals surface area contributed by atoms with Gasteiger partial charge in [-0.1, -0.05) is 32.9 Å². The van der Waals surface area contributed by atoms with Crippen LogP contribution in [0.25, 0.3) is 0 Å². The number of nitrogens with zero attached hydrogens (tertiary/aromatic N) is 1. The smallest absolute Gasteiger partial charge is 0.225 e. The Bertz CT molecular complexity index is 289. The van der Waals surface area contributed by atoms with Crippen molar-refractivity contribution in [2.24, 2.45) is 5.92 Å². The van der Waals surface area contributed by atoms with Crippen molar-refractivity contribution >= 4 is 5.88 Å². The molecular formula is C11H20N2O. The highest BCUT2D eigenvalue weighted by Crippen LogP contribution is 2.26. The van der Waals surface area contributed by atoms with Crippen LogP contribution in [0.5, 0.6) is 0 Å². The van der Waals surface area contributed by atoms with E-state index in [9.17, 15) is 0 Å². The largest absolute Gasteiger partial charge is 0.367 e. The summed E-state index contributed by atoms with van der Waals surface area (Å²) in [6, 6.07) is 0. The molecule has 1 aromatic heterocycles. The number of hydrogen-bond donors (Lipinski definition) is 1. The zero-order valence-corrected chi connectivity index (χ0v) is 9.50. The highest BCUT2D eigenvalue weighted by atomic mass is 16.5. The number of aryl methyl sites for hydroxylation is 1. The Labute approximate surface area is 85.7 Å². The summed E-state index contributed by atoms with van der Waals surface area (Å²) in [4.78, 5) is 0. The number of rotatable bonds is 4. The second kappa shape index (κ2) is 4.49. The van der Waals surface area contributed by atoms with Crippen LogP contribution in [0.3, 0.4) is 0 Å². The van der Waals surface area contributed by atoms with E-state index in [4.69, 9.17) is 10.3 Å². The standard InChI is InChI=1S/C11H20N2O/c1-7(2)5-6-9-10(8(3)4)11(12)14-13-9/h7-8H,5-6,12H2,1-4H3. The van der Waals surface area contributed by atoms with Crippen LogP contribution in [-0.2, 0) is 6.42 Å². The van der Waals surface area contributed by atoms with Crippen molar-refractivity contribution in [2.45, 2.75) is 46.5 Å². The minimum Gasteiger partial charge on any atom is -0.367 e. The van der Waals surface area contributed by atoms with Crippen molar-refractivity contribution in [3.8, 4) is 0 Å². The van der Waals surface area contributed by atoms with Crippen LogP contribution in [0.15, 0.2) is 4.52 Å². The van der Waals surface area contributed by atoms with Crippen molar-refractivity contribution < 1.29 is 4.52 Å². The maximum atomic E-state index is 5.72. The highest BCUT2D eigenvalue weighted by Gasteiger charge is 2.16. The molecule has 0 aliphatic rings. The van der Waals surface area contributed by atoms with Crippen LogP contribution in [0.2, 0.25) is 0 Å². The van der Waals surface area contributed by atoms with E-state index in [1.807, 2.05) is 0 Å². The van der Waals surface area contributed by atoms with Gasteiger partial charge in [0.15, 0.2) is 0 Å². The van der Waals surface area contributed by atoms with E-state index < -0.39 is 0 Å². The van der Waals surface area contributed by atoms with Crippen LogP contribution in [0, 0.1) is 5.92 Å². The van der Waals surface area contributed by atoms with Crippen molar-refractivity contribution in [1.29, 1.82) is 0 Å². The first-order chi connectivity index (χ1) is 6.52. The summed E-state index contributed by atoms with van der Waals surface area (Å²) in [5, 5.41) is 4.01. The molecule has 0 amide bonds. The van der Waals surface area contributed by atoms with Gasteiger partial charge in [-0.25, -0.2) is 0 Å². The first kappa shape index (κ1) is 11.1. The molecule has 0 bridgehead atoms. The molecule has 3 heteroatoms. The van der Waals surface area contributed by atoms with E-state index >= 15 is 0 Å². The van der Waals surface area contributed by atoms with E-state index in [-0.39, 0.29) is 0 Å². The van der Waals surface area contributed by atoms with Crippen LogP contribution in [-0.4, -0.2) is 5.16 Å². The Morgan fingerprint density at radius 3 is 2.43 bits per heavy atom. The van der Waals surface area contributed by atoms with Crippen molar-refractivity contribution in [2.75, 3.05) is 5.73 Å². The molecule has 1 aromatic rings. The van der Waals surface area contributed by atoms with Gasteiger partial charge in [-0.2, -0.15) is 0 Å². The van der Waals surface area contributed by atoms with Gasteiger partial charge in [-0.05, 0) is 24.7 Å². The molecule has 0 spiro atoms. The van der Waals surface area contributed by atoms with Crippen molar-refractivity contribution in [1.82, 2.24) is 5.16 Å². The monoisotopic (exact) mass is 196 g/mol. The summed E-state index contributed by atoms with van der Waals surface area (Å²) in [5.41, 5.74) is 7.84. The number of hydrogen-bond acceptors (Lipinski definition) is 3. The predicted molar refractivity (Wildman–Crippen MR) is 58.2 cm³/mol. The highest BCUT2D eigenvalue weighted by molar-refractivity contribution is 5.41. The maximum Gasteiger partial charge on any atom is 0.225 e. The fraction of sp³-hybridized carbons (Fsp3) is 0.727. The minimum atomic E-state index is 0.392. The van der Waals surface area contributed by atoms with Gasteiger partial charge in [0.1, 0.15) is 0 Å². The van der Waals surface area contributed by atoms with Gasteiger partial charge >= 0.3 is 0 Å². The topological polar surface area (TPSA) is 52.0 Å². The van der Waals surface area contributed by atoms with Crippen LogP contribution in [0.1, 0.15) is 51.3 Å². The van der Waals surface area contributed by atoms with Gasteiger partial charge in [-0.3, -0.25) is 0 Å². The molecule has 0 unspecified atom stereocenters. The van der Waals surface area contributed by atoms with Crippen LogP contribution in [0.4, 0.5) is 5.88 Å². The summed E-state index contributed by atoms with van der Waals surface area (Å²) < 4.78 is 5.02. The Hall–Kier alpha value is -0.990. The third-order valence-electron chi connectivity index (χ3n) is 2.37. The van der Waals surface area contributed by atoms with Gasteiger partial charge in [0.05, 0.1) is 5.69 Å². The summed E-state index contributed by atoms with van der Waals surface area (Å²) in [7, 11) is 0. The molecule has 2 N–H and O–H groups in total. The molecule has 0 aromatic carbocycles. The lowest BCUT2D eigenvalue weighted by Crippen LogP contribution is -1.99. The molecule has 14 heavy (non-hydrogen) atoms. The fourth-order valence-corrected chi connectivity index (χ4v) is 1.57. The average Bonchev–Trinajstić information content (AvgIpc) is 2.43. The summed E-state index contributed by atoms with van der Waals surface area (Å²) in [6.45, 7) is 8.64. The van der Waals surface area contributed by atoms with E-state index in [0.29, 0.717) is 17.7 Å². The molecule has 0 aliphatic heterocycles. The molecule has 1 rings (SSSR count). The summed E-state index contributed by atoms with van der Waals surface area (Å²) >= 11 is 0. The lowest BCUT2D eigenvalue weighted by Gasteiger charge is -2.06. The molecule has 0 fully saturated rings. The van der Waals surface area contributed by atoms with E-state index in [2.05, 4.69) is 32.9 Å². The van der Waals surface area contributed by atoms with Crippen LogP contribution >= 0.6 is 0 Å². The molecule has 0 atom stereocenters. The zero-order valence-electron chi connectivity index (χ0n) is 9.50. The molecule has 0 saturated carbocycles. The van der Waals surface area contributed by atoms with E-state index in [1.54, 1.807) is 0 Å². The Balaban J connectivity index is 2.76. The first-order valence-electron chi connectivity index (χ1n) is 5.26. The van der Waals surface area contributed by atoms with E-state index in [1.165, 1.54) is 0 Å². The first-order valence-corrected chi connectivity index (χ1v) is 5.26. The van der Waals surface area contributed by atoms with Gasteiger partial charge in [0.2, 0.25) is 5.88 Å². The van der Waals surface area contributed by atoms with Gasteiger partial charge in [0, 0.05) is 5.56 Å². The number of nitrogen functional groups attached to an aromatic ring is 1. The predicted octanol–water partition coefficient (Wildman–Crippen LogP) is 2.97. The van der Waals surface area contributed by atoms with Gasteiger partial charge in [0.25, 0.3) is 0 Å². The molecule has 0 aliphatic carbocycles. The third-order valence-corrected chi connectivity index (χ3v) is 2.37. The fourth-order valence-electron chi connectivity index (χ4n) is 1.57. The lowest BCUT2D eigenvalue weighted by molar-refractivity contribution is 0.423. The molecule has 0 radical (unpaired) electrons. The van der Waals surface area contributed by atoms with Gasteiger partial charge < -0.3 is 10.3 Å². The quantitative estimate of drug-likeness (QED) is 0.805. The molecule has 3 nitrogen and oxygen atoms in total. The molecular weight excluding hydrogens is 176 g/mol. The Morgan fingerprint density at radius 1 is 1.29 bits per heavy atom. The lowest BCUT2D eigenvalue weighted by atomic mass is 9.98. The molecule has 1 heterocycles.